The third kappa shape index (κ3) is 3.09. The van der Waals surface area contributed by atoms with E-state index in [-0.39, 0.29) is 6.92 Å². The Bertz CT molecular complexity index is 722. The van der Waals surface area contributed by atoms with Crippen LogP contribution in [0, 0.1) is 0 Å². The van der Waals surface area contributed by atoms with Gasteiger partial charge in [-0.05, 0) is 40.4 Å². The van der Waals surface area contributed by atoms with Crippen molar-refractivity contribution >= 4 is 24.5 Å². The third-order valence-electron chi connectivity index (χ3n) is 3.78. The van der Waals surface area contributed by atoms with Crippen molar-refractivity contribution in [2.24, 2.45) is 0 Å². The molecule has 0 aliphatic carbocycles. The number of fused-ring (bicyclic) bond motifs is 1. The molecule has 1 nitrogen and oxygen atoms in total. The molecule has 5 heteroatoms. The average molecular weight is 302 g/mol. The van der Waals surface area contributed by atoms with Crippen molar-refractivity contribution in [3.05, 3.63) is 64.7 Å². The van der Waals surface area contributed by atoms with Crippen molar-refractivity contribution in [2.45, 2.75) is 19.6 Å². The van der Waals surface area contributed by atoms with Crippen LogP contribution in [0.4, 0.5) is 13.2 Å². The van der Waals surface area contributed by atoms with Crippen LogP contribution >= 0.6 is 0 Å². The highest BCUT2D eigenvalue weighted by Crippen LogP contribution is 2.29. The second-order valence-corrected chi connectivity index (χ2v) is 5.37. The number of hydrogen-bond acceptors (Lipinski definition) is 1. The van der Waals surface area contributed by atoms with Crippen LogP contribution in [-0.2, 0) is 17.4 Å². The van der Waals surface area contributed by atoms with E-state index in [0.29, 0.717) is 12.2 Å². The van der Waals surface area contributed by atoms with E-state index in [1.807, 2.05) is 31.1 Å². The van der Waals surface area contributed by atoms with E-state index in [1.54, 1.807) is 12.1 Å². The molecule has 0 aromatic heterocycles. The quantitative estimate of drug-likeness (QED) is 0.596. The molecule has 112 valence electrons. The van der Waals surface area contributed by atoms with Gasteiger partial charge in [-0.2, -0.15) is 13.2 Å². The highest BCUT2D eigenvalue weighted by molar-refractivity contribution is 6.67. The van der Waals surface area contributed by atoms with Gasteiger partial charge in [-0.25, -0.2) is 0 Å². The molecule has 1 aliphatic heterocycles. The van der Waals surface area contributed by atoms with Crippen LogP contribution in [0.5, 0.6) is 0 Å². The Kier molecular flexibility index (Phi) is 3.83. The van der Waals surface area contributed by atoms with E-state index < -0.39 is 11.7 Å². The molecule has 0 N–H and O–H groups in total. The molecule has 0 spiro atoms. The predicted octanol–water partition coefficient (Wildman–Crippen LogP) is 4.23. The molecule has 0 fully saturated rings. The minimum Gasteiger partial charge on any atom is -0.427 e. The smallest absolute Gasteiger partial charge is 0.416 e. The maximum atomic E-state index is 12.7. The Morgan fingerprint density at radius 1 is 1.05 bits per heavy atom. The van der Waals surface area contributed by atoms with Crippen LogP contribution in [0.2, 0.25) is 6.82 Å². The molecule has 0 amide bonds. The van der Waals surface area contributed by atoms with E-state index in [1.165, 1.54) is 11.5 Å². The standard InChI is InChI=1S/C17H14BF3O/c1-18-16-8-7-13(9-14(16)11-22-18)6-5-12-3-2-4-15(10-12)17(19,20)21/h2-10H,11H2,1H3/b6-5+. The van der Waals surface area contributed by atoms with Crippen molar-refractivity contribution < 1.29 is 17.8 Å². The monoisotopic (exact) mass is 302 g/mol. The first-order valence-corrected chi connectivity index (χ1v) is 7.03. The zero-order valence-electron chi connectivity index (χ0n) is 12.0. The minimum absolute atomic E-state index is 0.108. The van der Waals surface area contributed by atoms with Gasteiger partial charge < -0.3 is 4.65 Å². The molecule has 22 heavy (non-hydrogen) atoms. The Morgan fingerprint density at radius 2 is 1.77 bits per heavy atom. The second-order valence-electron chi connectivity index (χ2n) is 5.37. The number of rotatable bonds is 2. The topological polar surface area (TPSA) is 9.23 Å². The first kappa shape index (κ1) is 14.9. The molecule has 3 rings (SSSR count). The van der Waals surface area contributed by atoms with Crippen LogP contribution in [0.25, 0.3) is 12.2 Å². The number of benzene rings is 2. The van der Waals surface area contributed by atoms with Crippen molar-refractivity contribution in [1.29, 1.82) is 0 Å². The van der Waals surface area contributed by atoms with E-state index in [4.69, 9.17) is 4.65 Å². The lowest BCUT2D eigenvalue weighted by atomic mass is 9.64. The summed E-state index contributed by atoms with van der Waals surface area (Å²) in [6.07, 6.45) is -0.806. The number of hydrogen-bond donors (Lipinski definition) is 0. The summed E-state index contributed by atoms with van der Waals surface area (Å²) in [5, 5.41) is 0. The lowest BCUT2D eigenvalue weighted by molar-refractivity contribution is -0.137. The zero-order valence-corrected chi connectivity index (χ0v) is 12.0. The van der Waals surface area contributed by atoms with Gasteiger partial charge in [0, 0.05) is 0 Å². The van der Waals surface area contributed by atoms with Gasteiger partial charge >= 0.3 is 13.1 Å². The molecule has 0 saturated heterocycles. The van der Waals surface area contributed by atoms with Crippen molar-refractivity contribution in [2.75, 3.05) is 0 Å². The molecule has 1 aliphatic rings. The summed E-state index contributed by atoms with van der Waals surface area (Å²) in [6, 6.07) is 11.3. The molecule has 2 aromatic rings. The largest absolute Gasteiger partial charge is 0.427 e. The van der Waals surface area contributed by atoms with E-state index >= 15 is 0 Å². The fourth-order valence-electron chi connectivity index (χ4n) is 2.57. The summed E-state index contributed by atoms with van der Waals surface area (Å²) in [4.78, 5) is 0. The molecule has 0 unspecified atom stereocenters. The van der Waals surface area contributed by atoms with Gasteiger partial charge in [-0.15, -0.1) is 0 Å². The molecule has 1 heterocycles. The SMILES string of the molecule is CB1OCc2cc(/C=C/c3cccc(C(F)(F)F)c3)ccc21. The Labute approximate surface area is 127 Å². The van der Waals surface area contributed by atoms with Crippen LogP contribution in [0.3, 0.4) is 0 Å². The summed E-state index contributed by atoms with van der Waals surface area (Å²) in [6.45, 7) is 2.70. The maximum Gasteiger partial charge on any atom is 0.416 e. The van der Waals surface area contributed by atoms with E-state index in [9.17, 15) is 13.2 Å². The molecular formula is C17H14BF3O. The number of halogens is 3. The van der Waals surface area contributed by atoms with E-state index in [2.05, 4.69) is 0 Å². The molecule has 0 bridgehead atoms. The van der Waals surface area contributed by atoms with Crippen LogP contribution in [0.1, 0.15) is 22.3 Å². The molecule has 2 aromatic carbocycles. The first-order valence-electron chi connectivity index (χ1n) is 7.03. The lowest BCUT2D eigenvalue weighted by Crippen LogP contribution is -2.23. The van der Waals surface area contributed by atoms with Gasteiger partial charge in [0.1, 0.15) is 0 Å². The normalized spacial score (nSPS) is 14.6. The van der Waals surface area contributed by atoms with Gasteiger partial charge in [-0.1, -0.05) is 43.2 Å². The summed E-state index contributed by atoms with van der Waals surface area (Å²) >= 11 is 0. The van der Waals surface area contributed by atoms with Crippen LogP contribution < -0.4 is 5.46 Å². The first-order chi connectivity index (χ1) is 10.4. The second kappa shape index (κ2) is 5.65. The van der Waals surface area contributed by atoms with Gasteiger partial charge in [0.2, 0.25) is 0 Å². The fraction of sp³-hybridized carbons (Fsp3) is 0.176. The summed E-state index contributed by atoms with van der Waals surface area (Å²) in [5.74, 6) is 0. The third-order valence-corrected chi connectivity index (χ3v) is 3.78. The highest BCUT2D eigenvalue weighted by Gasteiger charge is 2.30. The summed E-state index contributed by atoms with van der Waals surface area (Å²) in [7, 11) is 0. The Balaban J connectivity index is 1.83. The van der Waals surface area contributed by atoms with Crippen LogP contribution in [0.15, 0.2) is 42.5 Å². The van der Waals surface area contributed by atoms with Gasteiger partial charge in [0.25, 0.3) is 0 Å². The molecular weight excluding hydrogens is 288 g/mol. The zero-order chi connectivity index (χ0) is 15.7. The van der Waals surface area contributed by atoms with Crippen molar-refractivity contribution in [3.8, 4) is 0 Å². The van der Waals surface area contributed by atoms with Crippen molar-refractivity contribution in [3.63, 3.8) is 0 Å². The molecule has 0 atom stereocenters. The van der Waals surface area contributed by atoms with Gasteiger partial charge in [-0.3, -0.25) is 0 Å². The predicted molar refractivity (Wildman–Crippen MR) is 82.9 cm³/mol. The highest BCUT2D eigenvalue weighted by atomic mass is 19.4. The molecule has 0 saturated carbocycles. The lowest BCUT2D eigenvalue weighted by Gasteiger charge is -2.06. The summed E-state index contributed by atoms with van der Waals surface area (Å²) < 4.78 is 43.6. The Hall–Kier alpha value is -2.01. The Morgan fingerprint density at radius 3 is 2.50 bits per heavy atom. The minimum atomic E-state index is -4.31. The molecule has 0 radical (unpaired) electrons. The van der Waals surface area contributed by atoms with Gasteiger partial charge in [0.05, 0.1) is 12.2 Å². The number of alkyl halides is 3. The maximum absolute atomic E-state index is 12.7. The average Bonchev–Trinajstić information content (AvgIpc) is 2.86. The summed E-state index contributed by atoms with van der Waals surface area (Å²) in [5.41, 5.74) is 3.16. The van der Waals surface area contributed by atoms with Crippen LogP contribution in [-0.4, -0.2) is 6.92 Å². The van der Waals surface area contributed by atoms with Crippen molar-refractivity contribution in [1.82, 2.24) is 0 Å². The van der Waals surface area contributed by atoms with Gasteiger partial charge in [0.15, 0.2) is 0 Å². The fourth-order valence-corrected chi connectivity index (χ4v) is 2.57. The van der Waals surface area contributed by atoms with E-state index in [0.717, 1.165) is 23.3 Å².